The minimum Gasteiger partial charge on any atom is -0.491 e. The van der Waals surface area contributed by atoms with Gasteiger partial charge in [-0.3, -0.25) is 10.1 Å². The van der Waals surface area contributed by atoms with Crippen LogP contribution in [0.4, 0.5) is 5.95 Å². The highest BCUT2D eigenvalue weighted by Gasteiger charge is 2.08. The van der Waals surface area contributed by atoms with E-state index in [2.05, 4.69) is 20.5 Å². The highest BCUT2D eigenvalue weighted by atomic mass is 35.5. The van der Waals surface area contributed by atoms with Crippen molar-refractivity contribution in [3.63, 3.8) is 0 Å². The van der Waals surface area contributed by atoms with Crippen LogP contribution in [0.3, 0.4) is 0 Å². The number of nitrogens with one attached hydrogen (secondary N) is 2. The van der Waals surface area contributed by atoms with Crippen LogP contribution in [-0.2, 0) is 4.79 Å². The summed E-state index contributed by atoms with van der Waals surface area (Å²) in [5, 5.41) is 9.40. The maximum atomic E-state index is 11.7. The second kappa shape index (κ2) is 7.49. The summed E-state index contributed by atoms with van der Waals surface area (Å²) in [6, 6.07) is 7.28. The molecule has 1 amide bonds. The fourth-order valence-corrected chi connectivity index (χ4v) is 1.70. The van der Waals surface area contributed by atoms with E-state index >= 15 is 0 Å². The van der Waals surface area contributed by atoms with Gasteiger partial charge < -0.3 is 9.47 Å². The molecule has 0 saturated carbocycles. The Morgan fingerprint density at radius 1 is 1.38 bits per heavy atom. The first-order chi connectivity index (χ1) is 10.2. The van der Waals surface area contributed by atoms with Crippen LogP contribution >= 0.6 is 11.6 Å². The summed E-state index contributed by atoms with van der Waals surface area (Å²) in [6.45, 7) is 2.49. The van der Waals surface area contributed by atoms with Crippen LogP contribution in [0.25, 0.3) is 0 Å². The Morgan fingerprint density at radius 2 is 2.19 bits per heavy atom. The molecule has 1 aromatic heterocycles. The van der Waals surface area contributed by atoms with Crippen molar-refractivity contribution in [1.29, 1.82) is 0 Å². The number of carbonyl (C=O) groups is 1. The Labute approximate surface area is 126 Å². The van der Waals surface area contributed by atoms with Gasteiger partial charge in [0.15, 0.2) is 0 Å². The molecule has 0 bridgehead atoms. The molecule has 2 rings (SSSR count). The first-order valence-electron chi connectivity index (χ1n) is 6.41. The van der Waals surface area contributed by atoms with Crippen molar-refractivity contribution >= 4 is 23.5 Å². The van der Waals surface area contributed by atoms with Gasteiger partial charge in [0.2, 0.25) is 11.9 Å². The lowest BCUT2D eigenvalue weighted by Crippen LogP contribution is -2.16. The second-order valence-electron chi connectivity index (χ2n) is 3.98. The van der Waals surface area contributed by atoms with E-state index in [1.807, 2.05) is 19.1 Å². The smallest absolute Gasteiger partial charge is 0.337 e. The molecule has 8 heteroatoms. The lowest BCUT2D eigenvalue weighted by molar-refractivity contribution is -0.116. The highest BCUT2D eigenvalue weighted by Crippen LogP contribution is 2.23. The fraction of sp³-hybridized carbons (Fsp3) is 0.308. The van der Waals surface area contributed by atoms with Crippen molar-refractivity contribution in [1.82, 2.24) is 15.2 Å². The number of nitrogens with zero attached hydrogens (tertiary/aromatic N) is 2. The van der Waals surface area contributed by atoms with Crippen molar-refractivity contribution in [2.45, 2.75) is 13.3 Å². The number of amides is 1. The predicted octanol–water partition coefficient (Wildman–Crippen LogP) is 2.26. The number of aromatic amines is 1. The number of H-pyrrole nitrogens is 1. The Hall–Kier alpha value is -2.28. The lowest BCUT2D eigenvalue weighted by atomic mass is 10.3. The number of aromatic nitrogens is 3. The molecule has 0 saturated heterocycles. The molecule has 0 aliphatic carbocycles. The summed E-state index contributed by atoms with van der Waals surface area (Å²) in [6.07, 6.45) is 0.163. The minimum atomic E-state index is -0.249. The largest absolute Gasteiger partial charge is 0.491 e. The zero-order valence-electron chi connectivity index (χ0n) is 11.4. The van der Waals surface area contributed by atoms with Gasteiger partial charge in [0, 0.05) is 0 Å². The molecule has 0 aliphatic rings. The summed E-state index contributed by atoms with van der Waals surface area (Å²) in [5.74, 6) is 0.535. The molecule has 0 radical (unpaired) electrons. The van der Waals surface area contributed by atoms with Gasteiger partial charge in [-0.15, -0.1) is 5.10 Å². The number of anilines is 1. The Kier molecular flexibility index (Phi) is 5.39. The van der Waals surface area contributed by atoms with E-state index in [9.17, 15) is 4.79 Å². The predicted molar refractivity (Wildman–Crippen MR) is 77.7 cm³/mol. The maximum Gasteiger partial charge on any atom is 0.337 e. The molecule has 0 spiro atoms. The summed E-state index contributed by atoms with van der Waals surface area (Å²) >= 11 is 5.94. The van der Waals surface area contributed by atoms with Crippen molar-refractivity contribution in [3.05, 3.63) is 29.3 Å². The van der Waals surface area contributed by atoms with E-state index in [1.165, 1.54) is 0 Å². The van der Waals surface area contributed by atoms with Gasteiger partial charge in [0.05, 0.1) is 24.7 Å². The van der Waals surface area contributed by atoms with E-state index in [-0.39, 0.29) is 30.9 Å². The average molecular weight is 311 g/mol. The molecule has 7 nitrogen and oxygen atoms in total. The number of hydrogen-bond donors (Lipinski definition) is 2. The first-order valence-corrected chi connectivity index (χ1v) is 6.79. The van der Waals surface area contributed by atoms with Crippen molar-refractivity contribution in [2.75, 3.05) is 18.5 Å². The van der Waals surface area contributed by atoms with Crippen molar-refractivity contribution in [3.8, 4) is 11.8 Å². The Morgan fingerprint density at radius 3 is 2.95 bits per heavy atom. The Bertz CT molecular complexity index is 603. The van der Waals surface area contributed by atoms with Crippen molar-refractivity contribution < 1.29 is 14.3 Å². The SMILES string of the molecule is CCOc1n[nH]c(NC(=O)CCOc2ccccc2Cl)n1. The number of rotatable bonds is 7. The Balaban J connectivity index is 1.75. The third-order valence-corrected chi connectivity index (χ3v) is 2.73. The van der Waals surface area contributed by atoms with Crippen LogP contribution in [0, 0.1) is 0 Å². The van der Waals surface area contributed by atoms with Gasteiger partial charge in [-0.2, -0.15) is 4.98 Å². The number of carbonyl (C=O) groups excluding carboxylic acids is 1. The van der Waals surface area contributed by atoms with Crippen molar-refractivity contribution in [2.24, 2.45) is 0 Å². The summed E-state index contributed by atoms with van der Waals surface area (Å²) < 4.78 is 10.5. The van der Waals surface area contributed by atoms with Gasteiger partial charge >= 0.3 is 6.01 Å². The molecule has 2 aromatic rings. The normalized spacial score (nSPS) is 10.2. The number of halogens is 1. The van der Waals surface area contributed by atoms with Crippen LogP contribution in [0.5, 0.6) is 11.8 Å². The minimum absolute atomic E-state index is 0.163. The third-order valence-electron chi connectivity index (χ3n) is 2.42. The molecular weight excluding hydrogens is 296 g/mol. The van der Waals surface area contributed by atoms with Crippen LogP contribution in [0.2, 0.25) is 5.02 Å². The van der Waals surface area contributed by atoms with E-state index in [4.69, 9.17) is 21.1 Å². The van der Waals surface area contributed by atoms with E-state index < -0.39 is 0 Å². The molecule has 2 N–H and O–H groups in total. The average Bonchev–Trinajstić information content (AvgIpc) is 2.88. The van der Waals surface area contributed by atoms with Crippen LogP contribution < -0.4 is 14.8 Å². The number of ether oxygens (including phenoxy) is 2. The summed E-state index contributed by atoms with van der Waals surface area (Å²) in [5.41, 5.74) is 0. The molecular formula is C13H15ClN4O3. The second-order valence-corrected chi connectivity index (χ2v) is 4.38. The first kappa shape index (κ1) is 15.1. The van der Waals surface area contributed by atoms with Crippen LogP contribution in [-0.4, -0.2) is 34.3 Å². The van der Waals surface area contributed by atoms with Gasteiger partial charge in [-0.25, -0.2) is 5.10 Å². The summed E-state index contributed by atoms with van der Waals surface area (Å²) in [7, 11) is 0. The van der Waals surface area contributed by atoms with Crippen LogP contribution in [0.1, 0.15) is 13.3 Å². The molecule has 1 aromatic carbocycles. The topological polar surface area (TPSA) is 89.1 Å². The van der Waals surface area contributed by atoms with E-state index in [1.54, 1.807) is 12.1 Å². The number of benzene rings is 1. The monoisotopic (exact) mass is 310 g/mol. The molecule has 21 heavy (non-hydrogen) atoms. The molecule has 0 fully saturated rings. The van der Waals surface area contributed by atoms with E-state index in [0.29, 0.717) is 17.4 Å². The molecule has 112 valence electrons. The molecule has 0 atom stereocenters. The molecule has 0 aliphatic heterocycles. The third kappa shape index (κ3) is 4.64. The maximum absolute atomic E-state index is 11.7. The van der Waals surface area contributed by atoms with Gasteiger partial charge in [-0.1, -0.05) is 23.7 Å². The van der Waals surface area contributed by atoms with E-state index in [0.717, 1.165) is 0 Å². The number of para-hydroxylation sites is 1. The fourth-order valence-electron chi connectivity index (χ4n) is 1.51. The lowest BCUT2D eigenvalue weighted by Gasteiger charge is -2.07. The standard InChI is InChI=1S/C13H15ClN4O3/c1-2-20-13-16-12(17-18-13)15-11(19)7-8-21-10-6-4-3-5-9(10)14/h3-6H,2,7-8H2,1H3,(H2,15,16,17,18,19). The van der Waals surface area contributed by atoms with Gasteiger partial charge in [-0.05, 0) is 19.1 Å². The highest BCUT2D eigenvalue weighted by molar-refractivity contribution is 6.32. The zero-order chi connectivity index (χ0) is 15.1. The van der Waals surface area contributed by atoms with Gasteiger partial charge in [0.25, 0.3) is 0 Å². The molecule has 1 heterocycles. The zero-order valence-corrected chi connectivity index (χ0v) is 12.2. The molecule has 0 unspecified atom stereocenters. The summed E-state index contributed by atoms with van der Waals surface area (Å²) in [4.78, 5) is 15.6. The van der Waals surface area contributed by atoms with Gasteiger partial charge in [0.1, 0.15) is 5.75 Å². The number of hydrogen-bond acceptors (Lipinski definition) is 5. The quantitative estimate of drug-likeness (QED) is 0.819. The van der Waals surface area contributed by atoms with Crippen LogP contribution in [0.15, 0.2) is 24.3 Å².